The molecule has 0 saturated carbocycles. The molecule has 1 aromatic rings. The summed E-state index contributed by atoms with van der Waals surface area (Å²) in [5.41, 5.74) is 0.671. The second kappa shape index (κ2) is 4.16. The van der Waals surface area contributed by atoms with Gasteiger partial charge in [-0.2, -0.15) is 0 Å². The highest BCUT2D eigenvalue weighted by Crippen LogP contribution is 2.09. The number of rotatable bonds is 3. The summed E-state index contributed by atoms with van der Waals surface area (Å²) in [6.07, 6.45) is 0.978. The lowest BCUT2D eigenvalue weighted by Crippen LogP contribution is -1.91. The van der Waals surface area contributed by atoms with Gasteiger partial charge in [0.15, 0.2) is 11.6 Å². The lowest BCUT2D eigenvalue weighted by Gasteiger charge is -1.98. The molecule has 0 bridgehead atoms. The summed E-state index contributed by atoms with van der Waals surface area (Å²) in [4.78, 5) is 0. The molecule has 1 nitrogen and oxygen atoms in total. The highest BCUT2D eigenvalue weighted by Gasteiger charge is 2.01. The SMILES string of the molecule is [O]CCCc1ccc(F)c(F)c1. The molecule has 0 aliphatic rings. The van der Waals surface area contributed by atoms with Crippen molar-refractivity contribution in [3.63, 3.8) is 0 Å². The Morgan fingerprint density at radius 1 is 1.17 bits per heavy atom. The molecule has 12 heavy (non-hydrogen) atoms. The quantitative estimate of drug-likeness (QED) is 0.665. The van der Waals surface area contributed by atoms with Crippen molar-refractivity contribution in [1.82, 2.24) is 0 Å². The zero-order chi connectivity index (χ0) is 8.97. The summed E-state index contributed by atoms with van der Waals surface area (Å²) in [6.45, 7) is -0.182. The van der Waals surface area contributed by atoms with Gasteiger partial charge in [-0.15, -0.1) is 0 Å². The van der Waals surface area contributed by atoms with Gasteiger partial charge in [-0.1, -0.05) is 6.07 Å². The summed E-state index contributed by atoms with van der Waals surface area (Å²) in [7, 11) is 0. The van der Waals surface area contributed by atoms with Crippen molar-refractivity contribution in [1.29, 1.82) is 0 Å². The maximum Gasteiger partial charge on any atom is 0.159 e. The van der Waals surface area contributed by atoms with Gasteiger partial charge in [0, 0.05) is 0 Å². The first-order valence-corrected chi connectivity index (χ1v) is 3.76. The van der Waals surface area contributed by atoms with E-state index in [1.165, 1.54) is 6.07 Å². The molecule has 1 rings (SSSR count). The van der Waals surface area contributed by atoms with Gasteiger partial charge in [-0.25, -0.2) is 13.9 Å². The first kappa shape index (κ1) is 9.13. The van der Waals surface area contributed by atoms with E-state index in [0.717, 1.165) is 12.1 Å². The molecule has 0 heterocycles. The van der Waals surface area contributed by atoms with Crippen LogP contribution in [0.4, 0.5) is 8.78 Å². The minimum absolute atomic E-state index is 0.182. The lowest BCUT2D eigenvalue weighted by molar-refractivity contribution is 0.189. The van der Waals surface area contributed by atoms with E-state index in [0.29, 0.717) is 18.4 Å². The Kier molecular flexibility index (Phi) is 3.17. The standard InChI is InChI=1S/C9H9F2O/c10-8-4-3-7(2-1-5-12)6-9(8)11/h3-4,6H,1-2,5H2. The first-order valence-electron chi connectivity index (χ1n) is 3.76. The monoisotopic (exact) mass is 171 g/mol. The molecule has 0 aliphatic carbocycles. The maximum absolute atomic E-state index is 12.6. The second-order valence-electron chi connectivity index (χ2n) is 2.56. The molecule has 65 valence electrons. The van der Waals surface area contributed by atoms with Crippen LogP contribution in [0.15, 0.2) is 18.2 Å². The number of benzene rings is 1. The van der Waals surface area contributed by atoms with Crippen LogP contribution >= 0.6 is 0 Å². The molecule has 0 spiro atoms. The fraction of sp³-hybridized carbons (Fsp3) is 0.333. The molecular formula is C9H9F2O. The van der Waals surface area contributed by atoms with E-state index in [9.17, 15) is 13.9 Å². The third-order valence-corrected chi connectivity index (χ3v) is 1.59. The Hall–Kier alpha value is -0.960. The number of hydrogen-bond acceptors (Lipinski definition) is 0. The van der Waals surface area contributed by atoms with Gasteiger partial charge in [0.1, 0.15) is 0 Å². The normalized spacial score (nSPS) is 10.2. The maximum atomic E-state index is 12.6. The van der Waals surface area contributed by atoms with Gasteiger partial charge in [-0.3, -0.25) is 0 Å². The molecule has 0 aromatic heterocycles. The summed E-state index contributed by atoms with van der Waals surface area (Å²) in [6, 6.07) is 3.70. The van der Waals surface area contributed by atoms with Gasteiger partial charge in [0.25, 0.3) is 0 Å². The molecule has 0 saturated heterocycles. The van der Waals surface area contributed by atoms with Crippen LogP contribution in [-0.4, -0.2) is 6.61 Å². The summed E-state index contributed by atoms with van der Waals surface area (Å²) < 4.78 is 24.9. The van der Waals surface area contributed by atoms with Crippen LogP contribution in [0.25, 0.3) is 0 Å². The summed E-state index contributed by atoms with van der Waals surface area (Å²) in [5, 5.41) is 10.1. The molecule has 0 fully saturated rings. The van der Waals surface area contributed by atoms with Crippen molar-refractivity contribution in [2.75, 3.05) is 6.61 Å². The van der Waals surface area contributed by atoms with Gasteiger partial charge in [-0.05, 0) is 30.5 Å². The fourth-order valence-electron chi connectivity index (χ4n) is 0.971. The lowest BCUT2D eigenvalue weighted by atomic mass is 10.1. The zero-order valence-electron chi connectivity index (χ0n) is 6.52. The van der Waals surface area contributed by atoms with Crippen molar-refractivity contribution in [3.8, 4) is 0 Å². The minimum atomic E-state index is -0.849. The highest BCUT2D eigenvalue weighted by atomic mass is 19.2. The smallest absolute Gasteiger partial charge is 0.159 e. The number of hydrogen-bond donors (Lipinski definition) is 0. The van der Waals surface area contributed by atoms with Crippen LogP contribution < -0.4 is 0 Å². The third kappa shape index (κ3) is 2.27. The van der Waals surface area contributed by atoms with Crippen LogP contribution in [0.5, 0.6) is 0 Å². The molecule has 0 unspecified atom stereocenters. The average molecular weight is 171 g/mol. The Bertz CT molecular complexity index is 261. The van der Waals surface area contributed by atoms with Gasteiger partial charge in [0.05, 0.1) is 6.61 Å². The highest BCUT2D eigenvalue weighted by molar-refractivity contribution is 5.17. The fourth-order valence-corrected chi connectivity index (χ4v) is 0.971. The topological polar surface area (TPSA) is 19.9 Å². The molecule has 1 aromatic carbocycles. The molecule has 0 atom stereocenters. The minimum Gasteiger partial charge on any atom is -0.237 e. The summed E-state index contributed by atoms with van der Waals surface area (Å²) >= 11 is 0. The molecule has 0 amide bonds. The number of aryl methyl sites for hydroxylation is 1. The van der Waals surface area contributed by atoms with Crippen molar-refractivity contribution in [2.24, 2.45) is 0 Å². The van der Waals surface area contributed by atoms with Crippen molar-refractivity contribution in [2.45, 2.75) is 12.8 Å². The van der Waals surface area contributed by atoms with E-state index >= 15 is 0 Å². The van der Waals surface area contributed by atoms with Crippen molar-refractivity contribution >= 4 is 0 Å². The van der Waals surface area contributed by atoms with E-state index in [4.69, 9.17) is 0 Å². The van der Waals surface area contributed by atoms with Crippen LogP contribution in [0.1, 0.15) is 12.0 Å². The predicted molar refractivity (Wildman–Crippen MR) is 40.2 cm³/mol. The predicted octanol–water partition coefficient (Wildman–Crippen LogP) is 2.33. The van der Waals surface area contributed by atoms with E-state index in [1.54, 1.807) is 0 Å². The van der Waals surface area contributed by atoms with Crippen LogP contribution in [0.3, 0.4) is 0 Å². The van der Waals surface area contributed by atoms with Crippen molar-refractivity contribution < 1.29 is 13.9 Å². The van der Waals surface area contributed by atoms with Gasteiger partial charge >= 0.3 is 0 Å². The number of halogens is 2. The van der Waals surface area contributed by atoms with E-state index < -0.39 is 11.6 Å². The van der Waals surface area contributed by atoms with Gasteiger partial charge < -0.3 is 0 Å². The molecular weight excluding hydrogens is 162 g/mol. The zero-order valence-corrected chi connectivity index (χ0v) is 6.52. The van der Waals surface area contributed by atoms with E-state index in [2.05, 4.69) is 0 Å². The third-order valence-electron chi connectivity index (χ3n) is 1.59. The first-order chi connectivity index (χ1) is 5.74. The Labute approximate surface area is 69.7 Å². The average Bonchev–Trinajstić information content (AvgIpc) is 2.07. The molecule has 0 aliphatic heterocycles. The second-order valence-corrected chi connectivity index (χ2v) is 2.56. The molecule has 0 N–H and O–H groups in total. The van der Waals surface area contributed by atoms with Crippen LogP contribution in [0.2, 0.25) is 0 Å². The van der Waals surface area contributed by atoms with Crippen LogP contribution in [-0.2, 0) is 11.5 Å². The largest absolute Gasteiger partial charge is 0.237 e. The van der Waals surface area contributed by atoms with Gasteiger partial charge in [0.2, 0.25) is 0 Å². The Morgan fingerprint density at radius 2 is 1.92 bits per heavy atom. The molecule has 1 radical (unpaired) electrons. The van der Waals surface area contributed by atoms with Crippen molar-refractivity contribution in [3.05, 3.63) is 35.4 Å². The summed E-state index contributed by atoms with van der Waals surface area (Å²) in [5.74, 6) is -1.70. The molecule has 3 heteroatoms. The Morgan fingerprint density at radius 3 is 2.50 bits per heavy atom. The Balaban J connectivity index is 2.69. The van der Waals surface area contributed by atoms with E-state index in [-0.39, 0.29) is 6.61 Å². The van der Waals surface area contributed by atoms with E-state index in [1.807, 2.05) is 0 Å². The van der Waals surface area contributed by atoms with Crippen LogP contribution in [0, 0.1) is 11.6 Å².